The third kappa shape index (κ3) is 5.09. The number of carbonyl (C=O) groups excluding carboxylic acids is 2. The van der Waals surface area contributed by atoms with E-state index in [4.69, 9.17) is 9.47 Å². The smallest absolute Gasteiger partial charge is 0.254 e. The molecule has 1 aromatic heterocycles. The van der Waals surface area contributed by atoms with Crippen LogP contribution in [0.4, 0.5) is 5.69 Å². The van der Waals surface area contributed by atoms with Crippen LogP contribution in [0.3, 0.4) is 0 Å². The fourth-order valence-electron chi connectivity index (χ4n) is 3.87. The number of anilines is 1. The second kappa shape index (κ2) is 9.92. The molecule has 2 heterocycles. The molecule has 0 spiro atoms. The average Bonchev–Trinajstić information content (AvgIpc) is 3.31. The monoisotopic (exact) mass is 462 g/mol. The molecule has 0 saturated carbocycles. The van der Waals surface area contributed by atoms with Crippen molar-refractivity contribution < 1.29 is 19.1 Å². The zero-order valence-corrected chi connectivity index (χ0v) is 19.7. The van der Waals surface area contributed by atoms with Gasteiger partial charge < -0.3 is 19.7 Å². The van der Waals surface area contributed by atoms with E-state index in [1.807, 2.05) is 30.0 Å². The first kappa shape index (κ1) is 22.6. The number of carbonyl (C=O) groups is 2. The summed E-state index contributed by atoms with van der Waals surface area (Å²) in [5, 5.41) is 4.97. The molecule has 0 saturated heterocycles. The normalized spacial score (nSPS) is 13.0. The molecule has 33 heavy (non-hydrogen) atoms. The van der Waals surface area contributed by atoms with E-state index in [0.717, 1.165) is 17.5 Å². The lowest BCUT2D eigenvalue weighted by atomic mass is 10.0. The van der Waals surface area contributed by atoms with Crippen LogP contribution in [0.2, 0.25) is 0 Å². The van der Waals surface area contributed by atoms with Crippen molar-refractivity contribution in [3.63, 3.8) is 0 Å². The summed E-state index contributed by atoms with van der Waals surface area (Å²) in [6.07, 6.45) is 4.02. The molecular formula is C26H26N2O4S. The Hall–Kier alpha value is -3.58. The van der Waals surface area contributed by atoms with Crippen molar-refractivity contribution in [1.29, 1.82) is 0 Å². The molecule has 1 aliphatic heterocycles. The van der Waals surface area contributed by atoms with Crippen molar-refractivity contribution in [1.82, 2.24) is 4.90 Å². The first-order valence-corrected chi connectivity index (χ1v) is 11.5. The minimum absolute atomic E-state index is 0.0144. The number of amides is 2. The second-order valence-electron chi connectivity index (χ2n) is 7.79. The molecule has 1 aliphatic rings. The van der Waals surface area contributed by atoms with Crippen molar-refractivity contribution in [2.24, 2.45) is 0 Å². The first-order chi connectivity index (χ1) is 16.0. The summed E-state index contributed by atoms with van der Waals surface area (Å²) in [6, 6.07) is 12.9. The molecule has 1 N–H and O–H groups in total. The largest absolute Gasteiger partial charge is 0.497 e. The lowest BCUT2D eigenvalue weighted by molar-refractivity contribution is -0.111. The molecule has 6 nitrogen and oxygen atoms in total. The molecule has 3 aromatic rings. The number of benzene rings is 2. The van der Waals surface area contributed by atoms with Crippen LogP contribution in [-0.4, -0.2) is 37.5 Å². The Balaban J connectivity index is 1.47. The fourth-order valence-corrected chi connectivity index (χ4v) is 4.76. The van der Waals surface area contributed by atoms with E-state index in [0.29, 0.717) is 35.8 Å². The number of ether oxygens (including phenoxy) is 2. The Morgan fingerprint density at radius 3 is 2.58 bits per heavy atom. The number of methoxy groups -OCH3 is 2. The third-order valence-electron chi connectivity index (χ3n) is 5.72. The molecule has 0 radical (unpaired) electrons. The zero-order valence-electron chi connectivity index (χ0n) is 18.9. The van der Waals surface area contributed by atoms with Crippen molar-refractivity contribution in [3.8, 4) is 11.5 Å². The summed E-state index contributed by atoms with van der Waals surface area (Å²) in [6.45, 7) is 3.19. The summed E-state index contributed by atoms with van der Waals surface area (Å²) >= 11 is 1.75. The molecule has 7 heteroatoms. The predicted octanol–water partition coefficient (Wildman–Crippen LogP) is 4.92. The van der Waals surface area contributed by atoms with E-state index in [1.165, 1.54) is 16.5 Å². The van der Waals surface area contributed by atoms with E-state index in [2.05, 4.69) is 16.8 Å². The first-order valence-electron chi connectivity index (χ1n) is 10.6. The van der Waals surface area contributed by atoms with Crippen LogP contribution in [0.5, 0.6) is 11.5 Å². The van der Waals surface area contributed by atoms with Crippen LogP contribution < -0.4 is 14.8 Å². The SMILES string of the molecule is COc1cc(/C=C/C(=O)Nc2cccc(C(=O)N3CCc4sccc4C3)c2C)cc(OC)c1. The minimum atomic E-state index is -0.287. The summed E-state index contributed by atoms with van der Waals surface area (Å²) in [4.78, 5) is 29.0. The van der Waals surface area contributed by atoms with Crippen LogP contribution in [0.1, 0.15) is 31.9 Å². The fraction of sp³-hybridized carbons (Fsp3) is 0.231. The standard InChI is InChI=1S/C26H26N2O4S/c1-17-22(26(30)28-11-9-24-19(16-28)10-12-33-24)5-4-6-23(17)27-25(29)8-7-18-13-20(31-2)15-21(14-18)32-3/h4-8,10,12-15H,9,11,16H2,1-3H3,(H,27,29)/b8-7+. The molecule has 170 valence electrons. The molecule has 0 aliphatic carbocycles. The summed E-state index contributed by atoms with van der Waals surface area (Å²) < 4.78 is 10.5. The van der Waals surface area contributed by atoms with Crippen molar-refractivity contribution in [2.75, 3.05) is 26.1 Å². The van der Waals surface area contributed by atoms with E-state index >= 15 is 0 Å². The number of nitrogens with one attached hydrogen (secondary N) is 1. The molecule has 0 unspecified atom stereocenters. The van der Waals surface area contributed by atoms with Gasteiger partial charge in [0, 0.05) is 41.4 Å². The maximum atomic E-state index is 13.2. The topological polar surface area (TPSA) is 67.9 Å². The Morgan fingerprint density at radius 1 is 1.09 bits per heavy atom. The van der Waals surface area contributed by atoms with Gasteiger partial charge in [-0.2, -0.15) is 0 Å². The van der Waals surface area contributed by atoms with Gasteiger partial charge in [-0.15, -0.1) is 11.3 Å². The van der Waals surface area contributed by atoms with Gasteiger partial charge >= 0.3 is 0 Å². The summed E-state index contributed by atoms with van der Waals surface area (Å²) in [7, 11) is 3.16. The van der Waals surface area contributed by atoms with Crippen LogP contribution >= 0.6 is 11.3 Å². The lowest BCUT2D eigenvalue weighted by Gasteiger charge is -2.28. The summed E-state index contributed by atoms with van der Waals surface area (Å²) in [5.74, 6) is 0.984. The average molecular weight is 463 g/mol. The highest BCUT2D eigenvalue weighted by Gasteiger charge is 2.24. The zero-order chi connectivity index (χ0) is 23.4. The van der Waals surface area contributed by atoms with Crippen molar-refractivity contribution in [2.45, 2.75) is 19.9 Å². The number of nitrogens with zero attached hydrogens (tertiary/aromatic N) is 1. The molecule has 2 aromatic carbocycles. The van der Waals surface area contributed by atoms with E-state index in [-0.39, 0.29) is 11.8 Å². The number of hydrogen-bond acceptors (Lipinski definition) is 5. The van der Waals surface area contributed by atoms with Gasteiger partial charge in [0.05, 0.1) is 14.2 Å². The molecule has 0 fully saturated rings. The van der Waals surface area contributed by atoms with E-state index in [1.54, 1.807) is 49.8 Å². The van der Waals surface area contributed by atoms with Gasteiger partial charge in [0.1, 0.15) is 11.5 Å². The predicted molar refractivity (Wildman–Crippen MR) is 131 cm³/mol. The Kier molecular flexibility index (Phi) is 6.79. The summed E-state index contributed by atoms with van der Waals surface area (Å²) in [5.41, 5.74) is 3.98. The molecule has 4 rings (SSSR count). The number of fused-ring (bicyclic) bond motifs is 1. The Bertz CT molecular complexity index is 1190. The Labute approximate surface area is 197 Å². The van der Waals surface area contributed by atoms with Gasteiger partial charge in [0.25, 0.3) is 5.91 Å². The quantitative estimate of drug-likeness (QED) is 0.528. The van der Waals surface area contributed by atoms with Gasteiger partial charge in [-0.05, 0) is 71.8 Å². The van der Waals surface area contributed by atoms with E-state index < -0.39 is 0 Å². The molecular weight excluding hydrogens is 436 g/mol. The highest BCUT2D eigenvalue weighted by Crippen LogP contribution is 2.27. The van der Waals surface area contributed by atoms with Crippen LogP contribution in [0.25, 0.3) is 6.08 Å². The third-order valence-corrected chi connectivity index (χ3v) is 6.74. The highest BCUT2D eigenvalue weighted by molar-refractivity contribution is 7.10. The van der Waals surface area contributed by atoms with Gasteiger partial charge in [0.2, 0.25) is 5.91 Å². The number of thiophene rings is 1. The van der Waals surface area contributed by atoms with Gasteiger partial charge in [-0.3, -0.25) is 9.59 Å². The molecule has 0 bridgehead atoms. The minimum Gasteiger partial charge on any atom is -0.497 e. The number of rotatable bonds is 6. The highest BCUT2D eigenvalue weighted by atomic mass is 32.1. The van der Waals surface area contributed by atoms with Crippen LogP contribution in [-0.2, 0) is 17.8 Å². The van der Waals surface area contributed by atoms with Crippen LogP contribution in [0.15, 0.2) is 53.9 Å². The van der Waals surface area contributed by atoms with Crippen molar-refractivity contribution >= 4 is 34.9 Å². The van der Waals surface area contributed by atoms with Crippen molar-refractivity contribution in [3.05, 3.63) is 81.1 Å². The Morgan fingerprint density at radius 2 is 1.85 bits per heavy atom. The van der Waals surface area contributed by atoms with Crippen LogP contribution in [0, 0.1) is 6.92 Å². The van der Waals surface area contributed by atoms with E-state index in [9.17, 15) is 9.59 Å². The van der Waals surface area contributed by atoms with Gasteiger partial charge in [-0.25, -0.2) is 0 Å². The maximum Gasteiger partial charge on any atom is 0.254 e. The maximum absolute atomic E-state index is 13.2. The lowest BCUT2D eigenvalue weighted by Crippen LogP contribution is -2.35. The van der Waals surface area contributed by atoms with Gasteiger partial charge in [-0.1, -0.05) is 6.07 Å². The second-order valence-corrected chi connectivity index (χ2v) is 8.79. The number of hydrogen-bond donors (Lipinski definition) is 1. The van der Waals surface area contributed by atoms with Gasteiger partial charge in [0.15, 0.2) is 0 Å². The molecule has 0 atom stereocenters. The molecule has 2 amide bonds.